The fourth-order valence-corrected chi connectivity index (χ4v) is 4.69. The van der Waals surface area contributed by atoms with Crippen molar-refractivity contribution >= 4 is 0 Å². The summed E-state index contributed by atoms with van der Waals surface area (Å²) in [6.45, 7) is 5.37. The summed E-state index contributed by atoms with van der Waals surface area (Å²) in [5.74, 6) is 3.84. The van der Waals surface area contributed by atoms with Crippen LogP contribution in [0.4, 0.5) is 0 Å². The Morgan fingerprint density at radius 1 is 1.24 bits per heavy atom. The molecule has 2 saturated carbocycles. The van der Waals surface area contributed by atoms with E-state index in [0.29, 0.717) is 0 Å². The van der Waals surface area contributed by atoms with Gasteiger partial charge in [0, 0.05) is 12.6 Å². The Bertz CT molecular complexity index is 249. The van der Waals surface area contributed by atoms with Crippen molar-refractivity contribution in [1.82, 2.24) is 5.32 Å². The molecule has 3 fully saturated rings. The highest BCUT2D eigenvalue weighted by Gasteiger charge is 2.44. The molecule has 0 radical (unpaired) electrons. The third kappa shape index (κ3) is 2.39. The van der Waals surface area contributed by atoms with Crippen LogP contribution in [0, 0.1) is 23.7 Å². The Kier molecular flexibility index (Phi) is 3.72. The maximum Gasteiger partial charge on any atom is 0.0509 e. The van der Waals surface area contributed by atoms with Crippen LogP contribution in [0.1, 0.15) is 45.4 Å². The number of ether oxygens (including phenoxy) is 1. The van der Waals surface area contributed by atoms with Crippen LogP contribution in [-0.2, 0) is 4.74 Å². The van der Waals surface area contributed by atoms with Crippen molar-refractivity contribution in [2.24, 2.45) is 23.7 Å². The van der Waals surface area contributed by atoms with Crippen LogP contribution in [0.15, 0.2) is 0 Å². The van der Waals surface area contributed by atoms with E-state index in [1.54, 1.807) is 0 Å². The molecule has 0 amide bonds. The highest BCUT2D eigenvalue weighted by Crippen LogP contribution is 2.50. The second kappa shape index (κ2) is 5.27. The SMILES string of the molecule is CCNC(C1CCCOC1)C1CC2CCC1C2. The molecule has 2 heteroatoms. The summed E-state index contributed by atoms with van der Waals surface area (Å²) in [4.78, 5) is 0. The maximum absolute atomic E-state index is 5.71. The van der Waals surface area contributed by atoms with Crippen molar-refractivity contribution in [2.75, 3.05) is 19.8 Å². The van der Waals surface area contributed by atoms with Gasteiger partial charge in [0.2, 0.25) is 0 Å². The molecule has 1 saturated heterocycles. The van der Waals surface area contributed by atoms with Gasteiger partial charge in [-0.05, 0) is 62.3 Å². The Labute approximate surface area is 105 Å². The first-order valence-corrected chi connectivity index (χ1v) is 7.69. The number of rotatable bonds is 4. The van der Waals surface area contributed by atoms with E-state index in [-0.39, 0.29) is 0 Å². The van der Waals surface area contributed by atoms with Crippen molar-refractivity contribution in [3.8, 4) is 0 Å². The molecule has 3 rings (SSSR count). The van der Waals surface area contributed by atoms with Gasteiger partial charge in [0.15, 0.2) is 0 Å². The Morgan fingerprint density at radius 2 is 2.18 bits per heavy atom. The van der Waals surface area contributed by atoms with Gasteiger partial charge in [0.1, 0.15) is 0 Å². The fourth-order valence-electron chi connectivity index (χ4n) is 4.69. The number of hydrogen-bond donors (Lipinski definition) is 1. The fraction of sp³-hybridized carbons (Fsp3) is 1.00. The third-order valence-corrected chi connectivity index (χ3v) is 5.40. The molecule has 1 N–H and O–H groups in total. The van der Waals surface area contributed by atoms with Crippen LogP contribution in [0.25, 0.3) is 0 Å². The summed E-state index contributed by atoms with van der Waals surface area (Å²) in [5, 5.41) is 3.80. The Morgan fingerprint density at radius 3 is 2.76 bits per heavy atom. The molecule has 3 aliphatic rings. The van der Waals surface area contributed by atoms with Crippen LogP contribution < -0.4 is 5.32 Å². The van der Waals surface area contributed by atoms with Gasteiger partial charge < -0.3 is 10.1 Å². The molecule has 2 aliphatic carbocycles. The minimum atomic E-state index is 0.746. The van der Waals surface area contributed by atoms with Gasteiger partial charge in [-0.1, -0.05) is 13.3 Å². The number of nitrogens with one attached hydrogen (secondary N) is 1. The average molecular weight is 237 g/mol. The molecule has 2 bridgehead atoms. The van der Waals surface area contributed by atoms with Crippen LogP contribution in [-0.4, -0.2) is 25.8 Å². The molecular formula is C15H27NO. The Balaban J connectivity index is 1.66. The van der Waals surface area contributed by atoms with E-state index in [1.807, 2.05) is 0 Å². The van der Waals surface area contributed by atoms with Gasteiger partial charge in [-0.15, -0.1) is 0 Å². The maximum atomic E-state index is 5.71. The lowest BCUT2D eigenvalue weighted by Gasteiger charge is -2.38. The zero-order valence-electron chi connectivity index (χ0n) is 11.2. The quantitative estimate of drug-likeness (QED) is 0.812. The molecule has 1 heterocycles. The zero-order valence-corrected chi connectivity index (χ0v) is 11.2. The van der Waals surface area contributed by atoms with Crippen molar-refractivity contribution in [1.29, 1.82) is 0 Å². The molecule has 5 unspecified atom stereocenters. The first-order valence-electron chi connectivity index (χ1n) is 7.69. The third-order valence-electron chi connectivity index (χ3n) is 5.40. The van der Waals surface area contributed by atoms with Crippen molar-refractivity contribution in [3.63, 3.8) is 0 Å². The Hall–Kier alpha value is -0.0800. The summed E-state index contributed by atoms with van der Waals surface area (Å²) < 4.78 is 5.71. The molecular weight excluding hydrogens is 210 g/mol. The summed E-state index contributed by atoms with van der Waals surface area (Å²) in [6.07, 6.45) is 8.70. The molecule has 0 aromatic rings. The lowest BCUT2D eigenvalue weighted by molar-refractivity contribution is 0.0226. The molecule has 17 heavy (non-hydrogen) atoms. The number of fused-ring (bicyclic) bond motifs is 2. The molecule has 98 valence electrons. The highest BCUT2D eigenvalue weighted by atomic mass is 16.5. The van der Waals surface area contributed by atoms with Crippen LogP contribution in [0.2, 0.25) is 0 Å². The first-order chi connectivity index (χ1) is 8.38. The average Bonchev–Trinajstić information content (AvgIpc) is 2.99. The molecule has 1 aliphatic heterocycles. The monoisotopic (exact) mass is 237 g/mol. The van der Waals surface area contributed by atoms with E-state index >= 15 is 0 Å². The van der Waals surface area contributed by atoms with E-state index in [1.165, 1.54) is 38.5 Å². The van der Waals surface area contributed by atoms with Gasteiger partial charge in [0.05, 0.1) is 6.61 Å². The van der Waals surface area contributed by atoms with Gasteiger partial charge in [-0.25, -0.2) is 0 Å². The van der Waals surface area contributed by atoms with Gasteiger partial charge in [0.25, 0.3) is 0 Å². The van der Waals surface area contributed by atoms with Crippen LogP contribution >= 0.6 is 0 Å². The van der Waals surface area contributed by atoms with Crippen LogP contribution in [0.5, 0.6) is 0 Å². The van der Waals surface area contributed by atoms with Crippen molar-refractivity contribution in [2.45, 2.75) is 51.5 Å². The van der Waals surface area contributed by atoms with Crippen LogP contribution in [0.3, 0.4) is 0 Å². The topological polar surface area (TPSA) is 21.3 Å². The minimum Gasteiger partial charge on any atom is -0.381 e. The summed E-state index contributed by atoms with van der Waals surface area (Å²) >= 11 is 0. The van der Waals surface area contributed by atoms with Crippen molar-refractivity contribution in [3.05, 3.63) is 0 Å². The van der Waals surface area contributed by atoms with E-state index in [0.717, 1.165) is 49.5 Å². The predicted octanol–water partition coefficient (Wildman–Crippen LogP) is 2.83. The van der Waals surface area contributed by atoms with E-state index in [9.17, 15) is 0 Å². The molecule has 0 spiro atoms. The summed E-state index contributed by atoms with van der Waals surface area (Å²) in [5.41, 5.74) is 0. The van der Waals surface area contributed by atoms with Gasteiger partial charge in [-0.2, -0.15) is 0 Å². The lowest BCUT2D eigenvalue weighted by Crippen LogP contribution is -2.46. The molecule has 0 aromatic heterocycles. The van der Waals surface area contributed by atoms with E-state index in [4.69, 9.17) is 4.74 Å². The zero-order chi connectivity index (χ0) is 11.7. The number of hydrogen-bond acceptors (Lipinski definition) is 2. The first kappa shape index (κ1) is 12.0. The smallest absolute Gasteiger partial charge is 0.0509 e. The summed E-state index contributed by atoms with van der Waals surface area (Å²) in [6, 6.07) is 0.746. The summed E-state index contributed by atoms with van der Waals surface area (Å²) in [7, 11) is 0. The standard InChI is InChI=1S/C15H27NO/c1-2-16-15(13-4-3-7-17-10-13)14-9-11-5-6-12(14)8-11/h11-16H,2-10H2,1H3. The highest BCUT2D eigenvalue weighted by molar-refractivity contribution is 4.97. The minimum absolute atomic E-state index is 0.746. The normalized spacial score (nSPS) is 42.9. The lowest BCUT2D eigenvalue weighted by atomic mass is 9.76. The largest absolute Gasteiger partial charge is 0.381 e. The molecule has 0 aromatic carbocycles. The van der Waals surface area contributed by atoms with E-state index < -0.39 is 0 Å². The van der Waals surface area contributed by atoms with Gasteiger partial charge >= 0.3 is 0 Å². The molecule has 5 atom stereocenters. The predicted molar refractivity (Wildman–Crippen MR) is 69.9 cm³/mol. The van der Waals surface area contributed by atoms with Crippen molar-refractivity contribution < 1.29 is 4.74 Å². The van der Waals surface area contributed by atoms with Gasteiger partial charge in [-0.3, -0.25) is 0 Å². The molecule has 2 nitrogen and oxygen atoms in total. The van der Waals surface area contributed by atoms with E-state index in [2.05, 4.69) is 12.2 Å². The second-order valence-corrected chi connectivity index (χ2v) is 6.40. The second-order valence-electron chi connectivity index (χ2n) is 6.40.